The SMILES string of the molecule is O=C(O)Cc1ccc(NC(=O)Cc2ccc(Nc3ncnc4c3ncn4C3O[C@H](CO)[C@@H](O)[C@H]3O)cc2)cc1. The molecule has 13 heteroatoms. The molecule has 5 rings (SSSR count). The first-order valence-corrected chi connectivity index (χ1v) is 12.1. The molecule has 4 atom stereocenters. The van der Waals surface area contributed by atoms with Gasteiger partial charge in [0.15, 0.2) is 23.2 Å². The van der Waals surface area contributed by atoms with Crippen molar-refractivity contribution in [2.24, 2.45) is 0 Å². The molecular weight excluding hydrogens is 508 g/mol. The zero-order valence-corrected chi connectivity index (χ0v) is 20.5. The van der Waals surface area contributed by atoms with Crippen molar-refractivity contribution in [3.63, 3.8) is 0 Å². The maximum atomic E-state index is 12.5. The second-order valence-electron chi connectivity index (χ2n) is 9.09. The number of aliphatic hydroxyl groups is 3. The Morgan fingerprint density at radius 1 is 0.897 bits per heavy atom. The maximum absolute atomic E-state index is 12.5. The van der Waals surface area contributed by atoms with Gasteiger partial charge in [0.05, 0.1) is 25.8 Å². The van der Waals surface area contributed by atoms with E-state index in [2.05, 4.69) is 25.6 Å². The first-order chi connectivity index (χ1) is 18.8. The van der Waals surface area contributed by atoms with Gasteiger partial charge in [0.2, 0.25) is 5.91 Å². The molecule has 0 aliphatic carbocycles. The van der Waals surface area contributed by atoms with E-state index in [9.17, 15) is 24.9 Å². The predicted molar refractivity (Wildman–Crippen MR) is 138 cm³/mol. The summed E-state index contributed by atoms with van der Waals surface area (Å²) in [5, 5.41) is 44.6. The second kappa shape index (κ2) is 11.1. The summed E-state index contributed by atoms with van der Waals surface area (Å²) in [7, 11) is 0. The molecule has 1 aliphatic heterocycles. The van der Waals surface area contributed by atoms with E-state index in [0.29, 0.717) is 33.9 Å². The van der Waals surface area contributed by atoms with Crippen LogP contribution in [-0.4, -0.2) is 76.7 Å². The topological polar surface area (TPSA) is 192 Å². The van der Waals surface area contributed by atoms with Gasteiger partial charge in [0.25, 0.3) is 0 Å². The Balaban J connectivity index is 1.23. The fourth-order valence-corrected chi connectivity index (χ4v) is 4.35. The maximum Gasteiger partial charge on any atom is 0.307 e. The summed E-state index contributed by atoms with van der Waals surface area (Å²) in [6, 6.07) is 13.8. The van der Waals surface area contributed by atoms with Gasteiger partial charge in [-0.25, -0.2) is 15.0 Å². The van der Waals surface area contributed by atoms with Crippen molar-refractivity contribution >= 4 is 40.2 Å². The number of hydrogen-bond donors (Lipinski definition) is 6. The van der Waals surface area contributed by atoms with E-state index in [1.807, 2.05) is 0 Å². The van der Waals surface area contributed by atoms with Crippen LogP contribution in [0.5, 0.6) is 0 Å². The number of nitrogens with one attached hydrogen (secondary N) is 2. The van der Waals surface area contributed by atoms with E-state index >= 15 is 0 Å². The van der Waals surface area contributed by atoms with E-state index < -0.39 is 37.1 Å². The number of aliphatic carboxylic acids is 1. The Kier molecular flexibility index (Phi) is 7.47. The number of carbonyl (C=O) groups excluding carboxylic acids is 1. The number of rotatable bonds is 9. The fourth-order valence-electron chi connectivity index (χ4n) is 4.35. The lowest BCUT2D eigenvalue weighted by Crippen LogP contribution is -2.33. The number of carboxylic acid groups (broad SMARTS) is 1. The third-order valence-electron chi connectivity index (χ3n) is 6.32. The molecule has 6 N–H and O–H groups in total. The quantitative estimate of drug-likeness (QED) is 0.179. The van der Waals surface area contributed by atoms with E-state index in [1.165, 1.54) is 17.2 Å². The van der Waals surface area contributed by atoms with Crippen molar-refractivity contribution in [3.05, 3.63) is 72.3 Å². The highest BCUT2D eigenvalue weighted by Gasteiger charge is 2.44. The van der Waals surface area contributed by atoms with Gasteiger partial charge < -0.3 is 35.8 Å². The van der Waals surface area contributed by atoms with Crippen LogP contribution in [0.3, 0.4) is 0 Å². The highest BCUT2D eigenvalue weighted by atomic mass is 16.6. The minimum atomic E-state index is -1.27. The van der Waals surface area contributed by atoms with E-state index in [-0.39, 0.29) is 18.7 Å². The van der Waals surface area contributed by atoms with Crippen LogP contribution in [0.4, 0.5) is 17.2 Å². The van der Waals surface area contributed by atoms with Gasteiger partial charge >= 0.3 is 5.97 Å². The molecule has 0 spiro atoms. The molecule has 1 saturated heterocycles. The van der Waals surface area contributed by atoms with Gasteiger partial charge in [0.1, 0.15) is 24.6 Å². The standard InChI is InChI=1S/C26H26N6O7/c33-11-18-22(37)23(38)26(39-18)32-13-29-21-24(27-12-28-25(21)32)31-17-7-1-14(2-8-17)9-19(34)30-16-5-3-15(4-6-16)10-20(35)36/h1-8,12-13,18,22-23,26,33,37-38H,9-11H2,(H,30,34)(H,35,36)(H,27,28,31)/t18-,22-,23-,26?/m1/s1. The summed E-state index contributed by atoms with van der Waals surface area (Å²) < 4.78 is 7.06. The number of hydrogen-bond acceptors (Lipinski definition) is 10. The van der Waals surface area contributed by atoms with Crippen molar-refractivity contribution in [1.82, 2.24) is 19.5 Å². The van der Waals surface area contributed by atoms with Crippen LogP contribution in [0.15, 0.2) is 61.2 Å². The fraction of sp³-hybridized carbons (Fsp3) is 0.269. The number of anilines is 3. The molecular formula is C26H26N6O7. The second-order valence-corrected chi connectivity index (χ2v) is 9.09. The summed E-state index contributed by atoms with van der Waals surface area (Å²) in [6.45, 7) is -0.442. The Labute approximate surface area is 221 Å². The van der Waals surface area contributed by atoms with Crippen LogP contribution >= 0.6 is 0 Å². The number of ether oxygens (including phenoxy) is 1. The minimum absolute atomic E-state index is 0.0791. The van der Waals surface area contributed by atoms with Crippen molar-refractivity contribution < 1.29 is 34.8 Å². The molecule has 1 unspecified atom stereocenters. The summed E-state index contributed by atoms with van der Waals surface area (Å²) in [6.07, 6.45) is -1.60. The van der Waals surface area contributed by atoms with Gasteiger partial charge in [-0.3, -0.25) is 14.2 Å². The number of aromatic nitrogens is 4. The van der Waals surface area contributed by atoms with Crippen molar-refractivity contribution in [3.8, 4) is 0 Å². The van der Waals surface area contributed by atoms with Gasteiger partial charge in [-0.2, -0.15) is 0 Å². The first-order valence-electron chi connectivity index (χ1n) is 12.1. The van der Waals surface area contributed by atoms with E-state index in [1.54, 1.807) is 48.5 Å². The highest BCUT2D eigenvalue weighted by Crippen LogP contribution is 2.32. The van der Waals surface area contributed by atoms with Crippen molar-refractivity contribution in [1.29, 1.82) is 0 Å². The first kappa shape index (κ1) is 26.2. The molecule has 0 bridgehead atoms. The number of amides is 1. The van der Waals surface area contributed by atoms with E-state index in [0.717, 1.165) is 5.56 Å². The van der Waals surface area contributed by atoms with E-state index in [4.69, 9.17) is 9.84 Å². The van der Waals surface area contributed by atoms with Crippen LogP contribution in [0, 0.1) is 0 Å². The molecule has 3 heterocycles. The number of carbonyl (C=O) groups is 2. The summed E-state index contributed by atoms with van der Waals surface area (Å²) in [4.78, 5) is 36.1. The average molecular weight is 535 g/mol. The molecule has 2 aromatic carbocycles. The Hall–Kier alpha value is -4.43. The highest BCUT2D eigenvalue weighted by molar-refractivity contribution is 5.92. The van der Waals surface area contributed by atoms with Crippen LogP contribution in [0.1, 0.15) is 17.4 Å². The van der Waals surface area contributed by atoms with Crippen molar-refractivity contribution in [2.45, 2.75) is 37.4 Å². The Morgan fingerprint density at radius 3 is 2.21 bits per heavy atom. The number of nitrogens with zero attached hydrogens (tertiary/aromatic N) is 4. The number of benzene rings is 2. The third-order valence-corrected chi connectivity index (χ3v) is 6.32. The molecule has 1 fully saturated rings. The molecule has 13 nitrogen and oxygen atoms in total. The third kappa shape index (κ3) is 5.71. The van der Waals surface area contributed by atoms with Crippen LogP contribution < -0.4 is 10.6 Å². The molecule has 39 heavy (non-hydrogen) atoms. The average Bonchev–Trinajstić information content (AvgIpc) is 3.47. The summed E-state index contributed by atoms with van der Waals surface area (Å²) in [5.74, 6) is -0.725. The number of imidazole rings is 1. The summed E-state index contributed by atoms with van der Waals surface area (Å²) >= 11 is 0. The van der Waals surface area contributed by atoms with Crippen LogP contribution in [0.2, 0.25) is 0 Å². The molecule has 4 aromatic rings. The van der Waals surface area contributed by atoms with Crippen LogP contribution in [-0.2, 0) is 27.2 Å². The molecule has 0 radical (unpaired) electrons. The molecule has 1 aliphatic rings. The largest absolute Gasteiger partial charge is 0.481 e. The lowest BCUT2D eigenvalue weighted by Gasteiger charge is -2.16. The minimum Gasteiger partial charge on any atom is -0.481 e. The predicted octanol–water partition coefficient (Wildman–Crippen LogP) is 0.990. The smallest absolute Gasteiger partial charge is 0.307 e. The molecule has 1 amide bonds. The number of fused-ring (bicyclic) bond motifs is 1. The van der Waals surface area contributed by atoms with Gasteiger partial charge in [0, 0.05) is 11.4 Å². The normalized spacial score (nSPS) is 20.7. The molecule has 2 aromatic heterocycles. The number of aliphatic hydroxyl groups excluding tert-OH is 3. The Morgan fingerprint density at radius 2 is 1.56 bits per heavy atom. The molecule has 0 saturated carbocycles. The van der Waals surface area contributed by atoms with Gasteiger partial charge in [-0.1, -0.05) is 24.3 Å². The zero-order chi connectivity index (χ0) is 27.5. The van der Waals surface area contributed by atoms with Crippen LogP contribution in [0.25, 0.3) is 11.2 Å². The zero-order valence-electron chi connectivity index (χ0n) is 20.5. The molecule has 202 valence electrons. The van der Waals surface area contributed by atoms with Gasteiger partial charge in [-0.05, 0) is 35.4 Å². The number of carboxylic acids is 1. The lowest BCUT2D eigenvalue weighted by atomic mass is 10.1. The van der Waals surface area contributed by atoms with Gasteiger partial charge in [-0.15, -0.1) is 0 Å². The Bertz CT molecular complexity index is 1470. The van der Waals surface area contributed by atoms with Crippen molar-refractivity contribution in [2.75, 3.05) is 17.2 Å². The lowest BCUT2D eigenvalue weighted by molar-refractivity contribution is -0.136. The summed E-state index contributed by atoms with van der Waals surface area (Å²) in [5.41, 5.74) is 3.48. The monoisotopic (exact) mass is 534 g/mol.